The third-order valence-corrected chi connectivity index (χ3v) is 4.01. The summed E-state index contributed by atoms with van der Waals surface area (Å²) in [5.74, 6) is 0. The molecule has 104 valence electrons. The molecule has 1 aromatic heterocycles. The van der Waals surface area contributed by atoms with Crippen LogP contribution in [0.5, 0.6) is 0 Å². The second-order valence-corrected chi connectivity index (χ2v) is 5.82. The lowest BCUT2D eigenvalue weighted by molar-refractivity contribution is 0.445. The standard InChI is InChI=1S/C10H21N5O2S/c1-3-11-5-4-6-15(2)18(16,17)14-9-10-7-12-13-8-10/h7-8,11,14H,3-6,9H2,1-2H3,(H,12,13). The van der Waals surface area contributed by atoms with Crippen LogP contribution in [0.15, 0.2) is 12.4 Å². The van der Waals surface area contributed by atoms with E-state index in [1.54, 1.807) is 19.4 Å². The molecular formula is C10H21N5O2S. The molecule has 0 amide bonds. The van der Waals surface area contributed by atoms with Crippen molar-refractivity contribution in [2.75, 3.05) is 26.7 Å². The highest BCUT2D eigenvalue weighted by Gasteiger charge is 2.16. The van der Waals surface area contributed by atoms with E-state index in [1.807, 2.05) is 6.92 Å². The van der Waals surface area contributed by atoms with Gasteiger partial charge in [0.15, 0.2) is 0 Å². The van der Waals surface area contributed by atoms with Gasteiger partial charge < -0.3 is 5.32 Å². The van der Waals surface area contributed by atoms with Crippen LogP contribution >= 0.6 is 0 Å². The molecule has 0 aliphatic rings. The number of nitrogens with one attached hydrogen (secondary N) is 3. The Morgan fingerprint density at radius 2 is 2.28 bits per heavy atom. The number of hydrogen-bond acceptors (Lipinski definition) is 4. The number of nitrogens with zero attached hydrogens (tertiary/aromatic N) is 2. The molecule has 0 radical (unpaired) electrons. The van der Waals surface area contributed by atoms with Gasteiger partial charge in [-0.2, -0.15) is 22.5 Å². The van der Waals surface area contributed by atoms with Crippen molar-refractivity contribution in [1.82, 2.24) is 24.5 Å². The van der Waals surface area contributed by atoms with Gasteiger partial charge in [-0.3, -0.25) is 5.10 Å². The summed E-state index contributed by atoms with van der Waals surface area (Å²) in [6, 6.07) is 0. The summed E-state index contributed by atoms with van der Waals surface area (Å²) in [6.07, 6.45) is 4.04. The van der Waals surface area contributed by atoms with Gasteiger partial charge in [0, 0.05) is 31.9 Å². The number of aromatic amines is 1. The van der Waals surface area contributed by atoms with E-state index in [1.165, 1.54) is 4.31 Å². The van der Waals surface area contributed by atoms with Crippen LogP contribution in [0.1, 0.15) is 18.9 Å². The van der Waals surface area contributed by atoms with E-state index < -0.39 is 10.2 Å². The van der Waals surface area contributed by atoms with Crippen LogP contribution in [0.25, 0.3) is 0 Å². The van der Waals surface area contributed by atoms with Gasteiger partial charge in [0.25, 0.3) is 10.2 Å². The fourth-order valence-corrected chi connectivity index (χ4v) is 2.32. The Bertz CT molecular complexity index is 417. The Balaban J connectivity index is 2.33. The molecule has 0 aliphatic carbocycles. The Morgan fingerprint density at radius 3 is 2.89 bits per heavy atom. The minimum Gasteiger partial charge on any atom is -0.317 e. The number of aromatic nitrogens is 2. The van der Waals surface area contributed by atoms with Gasteiger partial charge in [-0.25, -0.2) is 0 Å². The fourth-order valence-electron chi connectivity index (χ4n) is 1.38. The maximum absolute atomic E-state index is 11.9. The molecule has 0 bridgehead atoms. The predicted octanol–water partition coefficient (Wildman–Crippen LogP) is -0.324. The normalized spacial score (nSPS) is 12.2. The summed E-state index contributed by atoms with van der Waals surface area (Å²) < 4.78 is 27.6. The Kier molecular flexibility index (Phi) is 6.27. The van der Waals surface area contributed by atoms with Crippen molar-refractivity contribution >= 4 is 10.2 Å². The first kappa shape index (κ1) is 15.1. The molecule has 1 aromatic rings. The SMILES string of the molecule is CCNCCCN(C)S(=O)(=O)NCc1cn[nH]c1. The largest absolute Gasteiger partial charge is 0.317 e. The van der Waals surface area contributed by atoms with Crippen LogP contribution in [0.3, 0.4) is 0 Å². The second kappa shape index (κ2) is 7.47. The van der Waals surface area contributed by atoms with Gasteiger partial charge in [0.05, 0.1) is 6.20 Å². The molecule has 0 unspecified atom stereocenters. The Morgan fingerprint density at radius 1 is 1.50 bits per heavy atom. The number of rotatable bonds is 9. The third kappa shape index (κ3) is 5.13. The summed E-state index contributed by atoms with van der Waals surface area (Å²) in [6.45, 7) is 4.48. The summed E-state index contributed by atoms with van der Waals surface area (Å²) in [5.41, 5.74) is 0.805. The smallest absolute Gasteiger partial charge is 0.279 e. The Labute approximate surface area is 108 Å². The lowest BCUT2D eigenvalue weighted by Gasteiger charge is -2.17. The molecule has 0 aliphatic heterocycles. The first-order valence-corrected chi connectivity index (χ1v) is 7.39. The van der Waals surface area contributed by atoms with Crippen molar-refractivity contribution < 1.29 is 8.42 Å². The highest BCUT2D eigenvalue weighted by molar-refractivity contribution is 7.87. The van der Waals surface area contributed by atoms with E-state index in [0.29, 0.717) is 6.54 Å². The van der Waals surface area contributed by atoms with Crippen LogP contribution in [0.4, 0.5) is 0 Å². The maximum atomic E-state index is 11.9. The van der Waals surface area contributed by atoms with Crippen molar-refractivity contribution in [2.45, 2.75) is 19.9 Å². The lowest BCUT2D eigenvalue weighted by Crippen LogP contribution is -2.39. The molecule has 0 spiro atoms. The first-order valence-electron chi connectivity index (χ1n) is 5.95. The molecular weight excluding hydrogens is 254 g/mol. The van der Waals surface area contributed by atoms with E-state index >= 15 is 0 Å². The molecule has 18 heavy (non-hydrogen) atoms. The van der Waals surface area contributed by atoms with Crippen LogP contribution in [0, 0.1) is 0 Å². The van der Waals surface area contributed by atoms with E-state index in [9.17, 15) is 8.42 Å². The second-order valence-electron chi connectivity index (χ2n) is 3.96. The highest BCUT2D eigenvalue weighted by atomic mass is 32.2. The number of hydrogen-bond donors (Lipinski definition) is 3. The molecule has 0 saturated carbocycles. The summed E-state index contributed by atoms with van der Waals surface area (Å²) in [5, 5.41) is 9.55. The van der Waals surface area contributed by atoms with Crippen LogP contribution in [-0.2, 0) is 16.8 Å². The van der Waals surface area contributed by atoms with Gasteiger partial charge in [0.2, 0.25) is 0 Å². The maximum Gasteiger partial charge on any atom is 0.279 e. The topological polar surface area (TPSA) is 90.1 Å². The molecule has 0 saturated heterocycles. The van der Waals surface area contributed by atoms with Crippen molar-refractivity contribution in [1.29, 1.82) is 0 Å². The molecule has 0 aromatic carbocycles. The zero-order valence-corrected chi connectivity index (χ0v) is 11.6. The van der Waals surface area contributed by atoms with Gasteiger partial charge in [-0.1, -0.05) is 6.92 Å². The zero-order chi connectivity index (χ0) is 13.4. The van der Waals surface area contributed by atoms with Gasteiger partial charge in [-0.05, 0) is 19.5 Å². The van der Waals surface area contributed by atoms with Crippen LogP contribution in [-0.4, -0.2) is 49.6 Å². The van der Waals surface area contributed by atoms with Crippen molar-refractivity contribution in [3.63, 3.8) is 0 Å². The average Bonchev–Trinajstić information content (AvgIpc) is 2.85. The summed E-state index contributed by atoms with van der Waals surface area (Å²) in [4.78, 5) is 0. The van der Waals surface area contributed by atoms with Crippen LogP contribution < -0.4 is 10.0 Å². The van der Waals surface area contributed by atoms with E-state index in [4.69, 9.17) is 0 Å². The third-order valence-electron chi connectivity index (χ3n) is 2.50. The van der Waals surface area contributed by atoms with Crippen molar-refractivity contribution in [3.8, 4) is 0 Å². The average molecular weight is 275 g/mol. The summed E-state index contributed by atoms with van der Waals surface area (Å²) in [7, 11) is -1.84. The van der Waals surface area contributed by atoms with Gasteiger partial charge in [0.1, 0.15) is 0 Å². The Hall–Kier alpha value is -0.960. The van der Waals surface area contributed by atoms with Crippen molar-refractivity contribution in [3.05, 3.63) is 18.0 Å². The highest BCUT2D eigenvalue weighted by Crippen LogP contribution is 1.99. The van der Waals surface area contributed by atoms with E-state index in [2.05, 4.69) is 20.2 Å². The van der Waals surface area contributed by atoms with Gasteiger partial charge >= 0.3 is 0 Å². The summed E-state index contributed by atoms with van der Waals surface area (Å²) >= 11 is 0. The van der Waals surface area contributed by atoms with Crippen LogP contribution in [0.2, 0.25) is 0 Å². The first-order chi connectivity index (χ1) is 8.56. The predicted molar refractivity (Wildman–Crippen MR) is 70.1 cm³/mol. The molecule has 0 atom stereocenters. The quantitative estimate of drug-likeness (QED) is 0.539. The van der Waals surface area contributed by atoms with E-state index in [0.717, 1.165) is 25.1 Å². The minimum absolute atomic E-state index is 0.246. The molecule has 3 N–H and O–H groups in total. The van der Waals surface area contributed by atoms with Crippen molar-refractivity contribution in [2.24, 2.45) is 0 Å². The number of H-pyrrole nitrogens is 1. The molecule has 1 rings (SSSR count). The zero-order valence-electron chi connectivity index (χ0n) is 10.8. The minimum atomic E-state index is -3.41. The fraction of sp³-hybridized carbons (Fsp3) is 0.700. The van der Waals surface area contributed by atoms with Gasteiger partial charge in [-0.15, -0.1) is 0 Å². The lowest BCUT2D eigenvalue weighted by atomic mass is 10.4. The molecule has 8 heteroatoms. The molecule has 1 heterocycles. The molecule has 0 fully saturated rings. The monoisotopic (exact) mass is 275 g/mol. The van der Waals surface area contributed by atoms with E-state index in [-0.39, 0.29) is 6.54 Å². The molecule has 7 nitrogen and oxygen atoms in total.